The molecule has 0 saturated carbocycles. The van der Waals surface area contributed by atoms with Gasteiger partial charge in [-0.3, -0.25) is 0 Å². The quantitative estimate of drug-likeness (QED) is 0.718. The van der Waals surface area contributed by atoms with E-state index in [4.69, 9.17) is 5.11 Å². The number of carboxylic acids is 1. The summed E-state index contributed by atoms with van der Waals surface area (Å²) < 4.78 is 6.05. The first kappa shape index (κ1) is 10.4. The lowest BCUT2D eigenvalue weighted by atomic mass is 10.2. The second-order valence-electron chi connectivity index (χ2n) is 3.57. The summed E-state index contributed by atoms with van der Waals surface area (Å²) in [6, 6.07) is 4.82. The Labute approximate surface area is 99.8 Å². The van der Waals surface area contributed by atoms with Gasteiger partial charge in [0.25, 0.3) is 0 Å². The van der Waals surface area contributed by atoms with Gasteiger partial charge in [0.15, 0.2) is 5.82 Å². The van der Waals surface area contributed by atoms with Crippen LogP contribution in [0, 0.1) is 0 Å². The third-order valence-electron chi connectivity index (χ3n) is 2.46. The Hall–Kier alpha value is -2.77. The monoisotopic (exact) mass is 245 g/mol. The zero-order valence-electron chi connectivity index (χ0n) is 9.02. The van der Waals surface area contributed by atoms with E-state index in [1.54, 1.807) is 12.1 Å². The standard InChI is InChI=1S/C10H7N5O3/c16-10(17)6-2-1-3-7-9(6)15(14-12-7)4-8-11-5-18-13-8/h1-3,5H,4H2,(H,16,17). The number of benzene rings is 1. The minimum Gasteiger partial charge on any atom is -0.478 e. The number of nitrogens with zero attached hydrogens (tertiary/aromatic N) is 5. The van der Waals surface area contributed by atoms with E-state index in [2.05, 4.69) is 25.0 Å². The number of carbonyl (C=O) groups is 1. The van der Waals surface area contributed by atoms with Crippen molar-refractivity contribution in [3.63, 3.8) is 0 Å². The summed E-state index contributed by atoms with van der Waals surface area (Å²) >= 11 is 0. The molecule has 0 spiro atoms. The Morgan fingerprint density at radius 1 is 1.44 bits per heavy atom. The molecule has 0 saturated heterocycles. The van der Waals surface area contributed by atoms with Crippen molar-refractivity contribution in [2.75, 3.05) is 0 Å². The molecule has 0 unspecified atom stereocenters. The second kappa shape index (κ2) is 3.91. The fourth-order valence-corrected chi connectivity index (χ4v) is 1.71. The largest absolute Gasteiger partial charge is 0.478 e. The highest BCUT2D eigenvalue weighted by atomic mass is 16.5. The zero-order valence-corrected chi connectivity index (χ0v) is 9.02. The van der Waals surface area contributed by atoms with Crippen LogP contribution in [0.15, 0.2) is 29.1 Å². The molecule has 0 radical (unpaired) electrons. The molecule has 18 heavy (non-hydrogen) atoms. The first-order chi connectivity index (χ1) is 8.75. The van der Waals surface area contributed by atoms with Crippen LogP contribution in [0.3, 0.4) is 0 Å². The maximum Gasteiger partial charge on any atom is 0.337 e. The second-order valence-corrected chi connectivity index (χ2v) is 3.57. The van der Waals surface area contributed by atoms with E-state index >= 15 is 0 Å². The first-order valence-corrected chi connectivity index (χ1v) is 5.06. The Bertz CT molecular complexity index is 703. The average molecular weight is 245 g/mol. The normalized spacial score (nSPS) is 10.9. The predicted molar refractivity (Wildman–Crippen MR) is 57.9 cm³/mol. The predicted octanol–water partition coefficient (Wildman–Crippen LogP) is 0.561. The van der Waals surface area contributed by atoms with Crippen molar-refractivity contribution in [3.8, 4) is 0 Å². The topological polar surface area (TPSA) is 107 Å². The maximum atomic E-state index is 11.1. The molecule has 90 valence electrons. The number of aromatic nitrogens is 5. The summed E-state index contributed by atoms with van der Waals surface area (Å²) in [5.74, 6) is -0.626. The van der Waals surface area contributed by atoms with Gasteiger partial charge in [0, 0.05) is 0 Å². The summed E-state index contributed by atoms with van der Waals surface area (Å²) in [6.45, 7) is 0.206. The van der Waals surface area contributed by atoms with Crippen LogP contribution in [-0.4, -0.2) is 36.2 Å². The van der Waals surface area contributed by atoms with E-state index < -0.39 is 5.97 Å². The molecule has 2 heterocycles. The number of aromatic carboxylic acids is 1. The van der Waals surface area contributed by atoms with Gasteiger partial charge < -0.3 is 9.63 Å². The highest BCUT2D eigenvalue weighted by molar-refractivity contribution is 6.00. The summed E-state index contributed by atoms with van der Waals surface area (Å²) in [5, 5.41) is 20.6. The lowest BCUT2D eigenvalue weighted by molar-refractivity contribution is 0.0698. The SMILES string of the molecule is O=C(O)c1cccc2nnn(Cc3ncon3)c12. The number of hydrogen-bond acceptors (Lipinski definition) is 6. The number of fused-ring (bicyclic) bond motifs is 1. The van der Waals surface area contributed by atoms with E-state index in [-0.39, 0.29) is 12.1 Å². The Kier molecular flexibility index (Phi) is 2.26. The van der Waals surface area contributed by atoms with Gasteiger partial charge in [-0.15, -0.1) is 5.10 Å². The van der Waals surface area contributed by atoms with Crippen LogP contribution < -0.4 is 0 Å². The third-order valence-corrected chi connectivity index (χ3v) is 2.46. The van der Waals surface area contributed by atoms with E-state index in [0.29, 0.717) is 16.9 Å². The molecule has 8 heteroatoms. The molecule has 0 atom stereocenters. The first-order valence-electron chi connectivity index (χ1n) is 5.06. The molecule has 8 nitrogen and oxygen atoms in total. The highest BCUT2D eigenvalue weighted by Crippen LogP contribution is 2.17. The summed E-state index contributed by atoms with van der Waals surface area (Å²) in [5.41, 5.74) is 1.09. The molecule has 2 aromatic heterocycles. The Morgan fingerprint density at radius 3 is 3.06 bits per heavy atom. The van der Waals surface area contributed by atoms with Crippen LogP contribution in [0.4, 0.5) is 0 Å². The Morgan fingerprint density at radius 2 is 2.33 bits per heavy atom. The van der Waals surface area contributed by atoms with E-state index in [0.717, 1.165) is 0 Å². The van der Waals surface area contributed by atoms with Crippen LogP contribution in [0.25, 0.3) is 11.0 Å². The van der Waals surface area contributed by atoms with Crippen LogP contribution in [0.1, 0.15) is 16.2 Å². The third kappa shape index (κ3) is 1.59. The minimum absolute atomic E-state index is 0.140. The molecule has 0 bridgehead atoms. The molecule has 0 aliphatic heterocycles. The van der Waals surface area contributed by atoms with Crippen molar-refractivity contribution in [2.45, 2.75) is 6.54 Å². The van der Waals surface area contributed by atoms with Crippen LogP contribution in [-0.2, 0) is 6.54 Å². The van der Waals surface area contributed by atoms with Gasteiger partial charge in [-0.25, -0.2) is 9.48 Å². The Balaban J connectivity index is 2.15. The van der Waals surface area contributed by atoms with E-state index in [9.17, 15) is 4.79 Å². The molecule has 0 amide bonds. The maximum absolute atomic E-state index is 11.1. The van der Waals surface area contributed by atoms with Crippen molar-refractivity contribution in [1.82, 2.24) is 25.1 Å². The van der Waals surface area contributed by atoms with Gasteiger partial charge in [0.05, 0.1) is 5.56 Å². The summed E-state index contributed by atoms with van der Waals surface area (Å²) in [7, 11) is 0. The van der Waals surface area contributed by atoms with E-state index in [1.165, 1.54) is 17.1 Å². The molecule has 0 aliphatic rings. The number of para-hydroxylation sites is 1. The minimum atomic E-state index is -1.03. The fourth-order valence-electron chi connectivity index (χ4n) is 1.71. The van der Waals surface area contributed by atoms with Crippen LogP contribution >= 0.6 is 0 Å². The summed E-state index contributed by atoms with van der Waals surface area (Å²) in [4.78, 5) is 15.0. The average Bonchev–Trinajstić information content (AvgIpc) is 2.99. The number of rotatable bonds is 3. The molecular formula is C10H7N5O3. The van der Waals surface area contributed by atoms with E-state index in [1.807, 2.05) is 0 Å². The van der Waals surface area contributed by atoms with Gasteiger partial charge in [0.2, 0.25) is 6.39 Å². The van der Waals surface area contributed by atoms with Crippen LogP contribution in [0.2, 0.25) is 0 Å². The molecule has 3 aromatic rings. The van der Waals surface area contributed by atoms with Crippen molar-refractivity contribution >= 4 is 17.0 Å². The number of carboxylic acid groups (broad SMARTS) is 1. The van der Waals surface area contributed by atoms with Gasteiger partial charge in [-0.1, -0.05) is 16.4 Å². The molecule has 0 fully saturated rings. The molecule has 3 rings (SSSR count). The molecule has 1 N–H and O–H groups in total. The van der Waals surface area contributed by atoms with Crippen molar-refractivity contribution in [3.05, 3.63) is 36.0 Å². The smallest absolute Gasteiger partial charge is 0.337 e. The lowest BCUT2D eigenvalue weighted by Crippen LogP contribution is -2.07. The van der Waals surface area contributed by atoms with Gasteiger partial charge in [0.1, 0.15) is 17.6 Å². The molecule has 1 aromatic carbocycles. The molecular weight excluding hydrogens is 238 g/mol. The lowest BCUT2D eigenvalue weighted by Gasteiger charge is -2.01. The van der Waals surface area contributed by atoms with Crippen molar-refractivity contribution in [2.24, 2.45) is 0 Å². The fraction of sp³-hybridized carbons (Fsp3) is 0.100. The van der Waals surface area contributed by atoms with Crippen molar-refractivity contribution in [1.29, 1.82) is 0 Å². The van der Waals surface area contributed by atoms with Gasteiger partial charge in [-0.05, 0) is 12.1 Å². The summed E-state index contributed by atoms with van der Waals surface area (Å²) in [6.07, 6.45) is 1.20. The molecule has 0 aliphatic carbocycles. The number of hydrogen-bond donors (Lipinski definition) is 1. The van der Waals surface area contributed by atoms with Crippen LogP contribution in [0.5, 0.6) is 0 Å². The van der Waals surface area contributed by atoms with Crippen molar-refractivity contribution < 1.29 is 14.4 Å². The van der Waals surface area contributed by atoms with Gasteiger partial charge >= 0.3 is 5.97 Å². The van der Waals surface area contributed by atoms with Gasteiger partial charge in [-0.2, -0.15) is 4.98 Å². The highest BCUT2D eigenvalue weighted by Gasteiger charge is 2.15. The zero-order chi connectivity index (χ0) is 12.5.